The molecule has 1 unspecified atom stereocenters. The number of ether oxygens (including phenoxy) is 2. The van der Waals surface area contributed by atoms with E-state index in [1.165, 1.54) is 5.56 Å². The van der Waals surface area contributed by atoms with Crippen molar-refractivity contribution in [1.82, 2.24) is 5.32 Å². The highest BCUT2D eigenvalue weighted by Gasteiger charge is 2.18. The van der Waals surface area contributed by atoms with Gasteiger partial charge >= 0.3 is 0 Å². The van der Waals surface area contributed by atoms with Crippen molar-refractivity contribution >= 4 is 27.5 Å². The maximum atomic E-state index is 6.19. The van der Waals surface area contributed by atoms with Crippen LogP contribution in [0.15, 0.2) is 40.9 Å². The van der Waals surface area contributed by atoms with E-state index in [-0.39, 0.29) is 12.8 Å². The van der Waals surface area contributed by atoms with Crippen molar-refractivity contribution in [1.29, 1.82) is 0 Å². The second kappa shape index (κ2) is 6.26. The van der Waals surface area contributed by atoms with Crippen LogP contribution in [0.5, 0.6) is 11.5 Å². The fraction of sp³-hybridized carbons (Fsp3) is 0.250. The van der Waals surface area contributed by atoms with E-state index in [2.05, 4.69) is 40.3 Å². The summed E-state index contributed by atoms with van der Waals surface area (Å²) >= 11 is 9.63. The normalized spacial score (nSPS) is 14.2. The second-order valence-corrected chi connectivity index (χ2v) is 6.29. The highest BCUT2D eigenvalue weighted by Crippen LogP contribution is 2.39. The number of fused-ring (bicyclic) bond motifs is 1. The fourth-order valence-electron chi connectivity index (χ4n) is 2.26. The standard InChI is InChI=1S/C16H15BrClNO2/c1-10(12-2-4-13(17)5-3-12)19-8-11-6-14(18)16-15(7-11)20-9-21-16/h2-7,10,19H,8-9H2,1H3. The molecule has 0 bridgehead atoms. The molecule has 0 fully saturated rings. The number of halogens is 2. The Hall–Kier alpha value is -1.23. The predicted octanol–water partition coefficient (Wildman–Crippen LogP) is 4.68. The van der Waals surface area contributed by atoms with Crippen LogP contribution in [0.25, 0.3) is 0 Å². The van der Waals surface area contributed by atoms with Gasteiger partial charge in [-0.2, -0.15) is 0 Å². The third-order valence-electron chi connectivity index (χ3n) is 3.47. The molecule has 1 atom stereocenters. The van der Waals surface area contributed by atoms with Gasteiger partial charge in [0.1, 0.15) is 0 Å². The molecule has 2 aromatic carbocycles. The molecule has 3 rings (SSSR count). The first-order valence-corrected chi connectivity index (χ1v) is 7.87. The highest BCUT2D eigenvalue weighted by atomic mass is 79.9. The molecule has 0 spiro atoms. The van der Waals surface area contributed by atoms with Gasteiger partial charge in [-0.3, -0.25) is 0 Å². The SMILES string of the molecule is CC(NCc1cc(Cl)c2c(c1)OCO2)c1ccc(Br)cc1. The van der Waals surface area contributed by atoms with Gasteiger partial charge in [-0.05, 0) is 42.3 Å². The van der Waals surface area contributed by atoms with Gasteiger partial charge in [0, 0.05) is 17.1 Å². The van der Waals surface area contributed by atoms with Gasteiger partial charge in [0.25, 0.3) is 0 Å². The summed E-state index contributed by atoms with van der Waals surface area (Å²) in [6.45, 7) is 3.09. The van der Waals surface area contributed by atoms with Crippen LogP contribution in [-0.4, -0.2) is 6.79 Å². The van der Waals surface area contributed by atoms with Gasteiger partial charge in [-0.25, -0.2) is 0 Å². The van der Waals surface area contributed by atoms with Crippen molar-refractivity contribution in [3.63, 3.8) is 0 Å². The van der Waals surface area contributed by atoms with Crippen molar-refractivity contribution in [3.8, 4) is 11.5 Å². The van der Waals surface area contributed by atoms with Gasteiger partial charge in [-0.15, -0.1) is 0 Å². The summed E-state index contributed by atoms with van der Waals surface area (Å²) in [5.41, 5.74) is 2.32. The molecular weight excluding hydrogens is 354 g/mol. The second-order valence-electron chi connectivity index (χ2n) is 4.97. The summed E-state index contributed by atoms with van der Waals surface area (Å²) in [5.74, 6) is 1.36. The maximum absolute atomic E-state index is 6.19. The molecule has 3 nitrogen and oxygen atoms in total. The predicted molar refractivity (Wildman–Crippen MR) is 87.0 cm³/mol. The minimum atomic E-state index is 0.237. The average molecular weight is 369 g/mol. The topological polar surface area (TPSA) is 30.5 Å². The minimum absolute atomic E-state index is 0.237. The Morgan fingerprint density at radius 2 is 2.00 bits per heavy atom. The third kappa shape index (κ3) is 3.34. The first-order chi connectivity index (χ1) is 10.1. The van der Waals surface area contributed by atoms with Crippen LogP contribution < -0.4 is 14.8 Å². The van der Waals surface area contributed by atoms with E-state index >= 15 is 0 Å². The minimum Gasteiger partial charge on any atom is -0.454 e. The summed E-state index contributed by atoms with van der Waals surface area (Å²) in [6, 6.07) is 12.4. The molecule has 1 heterocycles. The van der Waals surface area contributed by atoms with Gasteiger partial charge in [0.2, 0.25) is 6.79 Å². The largest absolute Gasteiger partial charge is 0.454 e. The van der Waals surface area contributed by atoms with Crippen LogP contribution in [-0.2, 0) is 6.54 Å². The molecule has 21 heavy (non-hydrogen) atoms. The van der Waals surface area contributed by atoms with Gasteiger partial charge in [-0.1, -0.05) is 39.7 Å². The van der Waals surface area contributed by atoms with Crippen LogP contribution in [0.1, 0.15) is 24.1 Å². The molecule has 110 valence electrons. The summed E-state index contributed by atoms with van der Waals surface area (Å²) in [5, 5.41) is 4.08. The first kappa shape index (κ1) is 14.7. The van der Waals surface area contributed by atoms with Crippen LogP contribution in [0.4, 0.5) is 0 Å². The van der Waals surface area contributed by atoms with Crippen LogP contribution in [0.3, 0.4) is 0 Å². The number of rotatable bonds is 4. The quantitative estimate of drug-likeness (QED) is 0.850. The third-order valence-corrected chi connectivity index (χ3v) is 4.28. The Morgan fingerprint density at radius 3 is 2.76 bits per heavy atom. The molecule has 0 aliphatic carbocycles. The van der Waals surface area contributed by atoms with E-state index in [4.69, 9.17) is 21.1 Å². The molecule has 0 aromatic heterocycles. The molecule has 0 saturated carbocycles. The monoisotopic (exact) mass is 367 g/mol. The molecule has 1 N–H and O–H groups in total. The van der Waals surface area contributed by atoms with E-state index in [0.717, 1.165) is 15.8 Å². The summed E-state index contributed by atoms with van der Waals surface area (Å²) in [4.78, 5) is 0. The zero-order valence-electron chi connectivity index (χ0n) is 11.5. The number of nitrogens with one attached hydrogen (secondary N) is 1. The molecule has 2 aromatic rings. The lowest BCUT2D eigenvalue weighted by molar-refractivity contribution is 0.174. The smallest absolute Gasteiger partial charge is 0.231 e. The first-order valence-electron chi connectivity index (χ1n) is 6.70. The Morgan fingerprint density at radius 1 is 1.24 bits per heavy atom. The number of hydrogen-bond acceptors (Lipinski definition) is 3. The van der Waals surface area contributed by atoms with Crippen molar-refractivity contribution in [3.05, 3.63) is 57.0 Å². The molecule has 0 saturated heterocycles. The van der Waals surface area contributed by atoms with Crippen LogP contribution in [0, 0.1) is 0 Å². The Labute approximate surface area is 137 Å². The maximum Gasteiger partial charge on any atom is 0.231 e. The molecule has 1 aliphatic rings. The van der Waals surface area contributed by atoms with Crippen molar-refractivity contribution < 1.29 is 9.47 Å². The Bertz CT molecular complexity index is 645. The average Bonchev–Trinajstić information content (AvgIpc) is 2.94. The van der Waals surface area contributed by atoms with Crippen molar-refractivity contribution in [2.45, 2.75) is 19.5 Å². The lowest BCUT2D eigenvalue weighted by Crippen LogP contribution is -2.18. The van der Waals surface area contributed by atoms with E-state index in [1.54, 1.807) is 0 Å². The van der Waals surface area contributed by atoms with E-state index in [1.807, 2.05) is 24.3 Å². The van der Waals surface area contributed by atoms with E-state index in [0.29, 0.717) is 17.3 Å². The zero-order chi connectivity index (χ0) is 14.8. The Kier molecular flexibility index (Phi) is 4.38. The van der Waals surface area contributed by atoms with Crippen LogP contribution in [0.2, 0.25) is 5.02 Å². The molecule has 0 radical (unpaired) electrons. The van der Waals surface area contributed by atoms with Gasteiger partial charge in [0.15, 0.2) is 11.5 Å². The zero-order valence-corrected chi connectivity index (χ0v) is 13.9. The fourth-order valence-corrected chi connectivity index (χ4v) is 2.82. The number of hydrogen-bond donors (Lipinski definition) is 1. The summed E-state index contributed by atoms with van der Waals surface area (Å²) in [6.07, 6.45) is 0. The molecule has 1 aliphatic heterocycles. The molecule has 5 heteroatoms. The van der Waals surface area contributed by atoms with E-state index in [9.17, 15) is 0 Å². The van der Waals surface area contributed by atoms with Crippen molar-refractivity contribution in [2.75, 3.05) is 6.79 Å². The van der Waals surface area contributed by atoms with Crippen molar-refractivity contribution in [2.24, 2.45) is 0 Å². The molecule has 0 amide bonds. The highest BCUT2D eigenvalue weighted by molar-refractivity contribution is 9.10. The summed E-state index contributed by atoms with van der Waals surface area (Å²) in [7, 11) is 0. The van der Waals surface area contributed by atoms with E-state index < -0.39 is 0 Å². The Balaban J connectivity index is 1.67. The van der Waals surface area contributed by atoms with Gasteiger partial charge < -0.3 is 14.8 Å². The molecular formula is C16H15BrClNO2. The lowest BCUT2D eigenvalue weighted by atomic mass is 10.1. The van der Waals surface area contributed by atoms with Crippen LogP contribution >= 0.6 is 27.5 Å². The summed E-state index contributed by atoms with van der Waals surface area (Å²) < 4.78 is 11.8. The number of benzene rings is 2. The van der Waals surface area contributed by atoms with Gasteiger partial charge in [0.05, 0.1) is 5.02 Å². The lowest BCUT2D eigenvalue weighted by Gasteiger charge is -2.15.